The Bertz CT molecular complexity index is 524. The Labute approximate surface area is 112 Å². The van der Waals surface area contributed by atoms with E-state index in [9.17, 15) is 4.79 Å². The summed E-state index contributed by atoms with van der Waals surface area (Å²) in [7, 11) is 1.61. The van der Waals surface area contributed by atoms with Gasteiger partial charge in [0.25, 0.3) is 0 Å². The van der Waals surface area contributed by atoms with E-state index in [0.29, 0.717) is 0 Å². The maximum atomic E-state index is 11.1. The van der Waals surface area contributed by atoms with Gasteiger partial charge in [-0.05, 0) is 36.4 Å². The van der Waals surface area contributed by atoms with Crippen molar-refractivity contribution < 1.29 is 9.53 Å². The van der Waals surface area contributed by atoms with Crippen molar-refractivity contribution in [3.05, 3.63) is 54.6 Å². The maximum Gasteiger partial charge on any atom is 0.239 e. The van der Waals surface area contributed by atoms with Gasteiger partial charge in [0.15, 0.2) is 0 Å². The average molecular weight is 256 g/mol. The van der Waals surface area contributed by atoms with E-state index in [0.717, 1.165) is 17.2 Å². The van der Waals surface area contributed by atoms with Gasteiger partial charge < -0.3 is 15.4 Å². The van der Waals surface area contributed by atoms with Gasteiger partial charge in [0.1, 0.15) is 11.5 Å². The second-order valence-electron chi connectivity index (χ2n) is 3.97. The van der Waals surface area contributed by atoms with E-state index in [1.807, 2.05) is 54.6 Å². The number of hydrogen-bond donors (Lipinski definition) is 2. The standard InChI is InChI=1S/C15H16N2O2/c1-16-15(18)11-17-12-7-9-14(10-8-12)19-13-5-3-2-4-6-13/h2-10,17H,11H2,1H3,(H,16,18). The minimum atomic E-state index is -0.0513. The molecule has 0 aliphatic carbocycles. The number of carbonyl (C=O) groups excluding carboxylic acids is 1. The molecule has 19 heavy (non-hydrogen) atoms. The van der Waals surface area contributed by atoms with Crippen LogP contribution < -0.4 is 15.4 Å². The normalized spacial score (nSPS) is 9.74. The van der Waals surface area contributed by atoms with Crippen molar-refractivity contribution >= 4 is 11.6 Å². The fourth-order valence-corrected chi connectivity index (χ4v) is 1.54. The van der Waals surface area contributed by atoms with Gasteiger partial charge in [-0.2, -0.15) is 0 Å². The van der Waals surface area contributed by atoms with Gasteiger partial charge in [0.2, 0.25) is 5.91 Å². The molecule has 0 radical (unpaired) electrons. The maximum absolute atomic E-state index is 11.1. The third-order valence-electron chi connectivity index (χ3n) is 2.57. The highest BCUT2D eigenvalue weighted by molar-refractivity contribution is 5.80. The molecule has 0 saturated carbocycles. The molecule has 2 aromatic carbocycles. The molecular weight excluding hydrogens is 240 g/mol. The largest absolute Gasteiger partial charge is 0.457 e. The molecule has 0 fully saturated rings. The summed E-state index contributed by atoms with van der Waals surface area (Å²) >= 11 is 0. The zero-order valence-corrected chi connectivity index (χ0v) is 10.7. The van der Waals surface area contributed by atoms with Crippen molar-refractivity contribution in [2.24, 2.45) is 0 Å². The van der Waals surface area contributed by atoms with Crippen LogP contribution in [0.1, 0.15) is 0 Å². The van der Waals surface area contributed by atoms with Gasteiger partial charge in [0.05, 0.1) is 6.54 Å². The number of nitrogens with one attached hydrogen (secondary N) is 2. The van der Waals surface area contributed by atoms with E-state index < -0.39 is 0 Å². The lowest BCUT2D eigenvalue weighted by molar-refractivity contribution is -0.118. The molecule has 98 valence electrons. The predicted octanol–water partition coefficient (Wildman–Crippen LogP) is 2.64. The molecule has 0 aliphatic rings. The number of anilines is 1. The highest BCUT2D eigenvalue weighted by atomic mass is 16.5. The van der Waals surface area contributed by atoms with Gasteiger partial charge in [-0.3, -0.25) is 4.79 Å². The fraction of sp³-hybridized carbons (Fsp3) is 0.133. The molecule has 0 aliphatic heterocycles. The van der Waals surface area contributed by atoms with Crippen LogP contribution in [0.25, 0.3) is 0 Å². The van der Waals surface area contributed by atoms with E-state index >= 15 is 0 Å². The number of amides is 1. The number of carbonyl (C=O) groups is 1. The Kier molecular flexibility index (Phi) is 4.39. The second kappa shape index (κ2) is 6.44. The Balaban J connectivity index is 1.93. The monoisotopic (exact) mass is 256 g/mol. The number of hydrogen-bond acceptors (Lipinski definition) is 3. The van der Waals surface area contributed by atoms with Crippen LogP contribution in [-0.4, -0.2) is 19.5 Å². The summed E-state index contributed by atoms with van der Waals surface area (Å²) in [6.07, 6.45) is 0. The Morgan fingerprint density at radius 1 is 1.00 bits per heavy atom. The summed E-state index contributed by atoms with van der Waals surface area (Å²) in [6, 6.07) is 17.1. The lowest BCUT2D eigenvalue weighted by Crippen LogP contribution is -2.26. The third-order valence-corrected chi connectivity index (χ3v) is 2.57. The highest BCUT2D eigenvalue weighted by Crippen LogP contribution is 2.22. The minimum Gasteiger partial charge on any atom is -0.457 e. The molecule has 4 nitrogen and oxygen atoms in total. The van der Waals surface area contributed by atoms with Crippen LogP contribution in [0.3, 0.4) is 0 Å². The average Bonchev–Trinajstić information content (AvgIpc) is 2.47. The first-order chi connectivity index (χ1) is 9.28. The summed E-state index contributed by atoms with van der Waals surface area (Å²) in [5.74, 6) is 1.51. The molecule has 4 heteroatoms. The van der Waals surface area contributed by atoms with Crippen LogP contribution in [-0.2, 0) is 4.79 Å². The van der Waals surface area contributed by atoms with E-state index in [2.05, 4.69) is 10.6 Å². The topological polar surface area (TPSA) is 50.4 Å². The molecule has 2 aromatic rings. The zero-order valence-electron chi connectivity index (χ0n) is 10.7. The highest BCUT2D eigenvalue weighted by Gasteiger charge is 1.99. The summed E-state index contributed by atoms with van der Waals surface area (Å²) in [6.45, 7) is 0.259. The van der Waals surface area contributed by atoms with E-state index in [1.54, 1.807) is 7.05 Å². The van der Waals surface area contributed by atoms with Gasteiger partial charge in [0, 0.05) is 12.7 Å². The number of benzene rings is 2. The molecule has 0 atom stereocenters. The van der Waals surface area contributed by atoms with Gasteiger partial charge >= 0.3 is 0 Å². The molecule has 1 amide bonds. The molecule has 0 saturated heterocycles. The minimum absolute atomic E-state index is 0.0513. The summed E-state index contributed by atoms with van der Waals surface area (Å²) < 4.78 is 5.67. The number of ether oxygens (including phenoxy) is 1. The third kappa shape index (κ3) is 4.03. The first kappa shape index (κ1) is 13.0. The molecule has 0 heterocycles. The predicted molar refractivity (Wildman–Crippen MR) is 75.5 cm³/mol. The number of rotatable bonds is 5. The van der Waals surface area contributed by atoms with E-state index in [4.69, 9.17) is 4.74 Å². The lowest BCUT2D eigenvalue weighted by Gasteiger charge is -2.08. The van der Waals surface area contributed by atoms with Gasteiger partial charge in [-0.15, -0.1) is 0 Å². The van der Waals surface area contributed by atoms with Gasteiger partial charge in [-0.1, -0.05) is 18.2 Å². The van der Waals surface area contributed by atoms with Crippen molar-refractivity contribution in [1.82, 2.24) is 5.32 Å². The first-order valence-corrected chi connectivity index (χ1v) is 6.05. The quantitative estimate of drug-likeness (QED) is 0.864. The second-order valence-corrected chi connectivity index (χ2v) is 3.97. The van der Waals surface area contributed by atoms with Crippen molar-refractivity contribution in [1.29, 1.82) is 0 Å². The van der Waals surface area contributed by atoms with Crippen LogP contribution in [0.15, 0.2) is 54.6 Å². The smallest absolute Gasteiger partial charge is 0.239 e. The molecule has 0 bridgehead atoms. The van der Waals surface area contributed by atoms with E-state index in [-0.39, 0.29) is 12.5 Å². The molecule has 0 unspecified atom stereocenters. The van der Waals surface area contributed by atoms with Crippen LogP contribution in [0.5, 0.6) is 11.5 Å². The van der Waals surface area contributed by atoms with Crippen LogP contribution in [0, 0.1) is 0 Å². The van der Waals surface area contributed by atoms with Crippen LogP contribution in [0.2, 0.25) is 0 Å². The Morgan fingerprint density at radius 3 is 2.26 bits per heavy atom. The lowest BCUT2D eigenvalue weighted by atomic mass is 10.3. The SMILES string of the molecule is CNC(=O)CNc1ccc(Oc2ccccc2)cc1. The first-order valence-electron chi connectivity index (χ1n) is 6.05. The molecule has 0 spiro atoms. The Hall–Kier alpha value is -2.49. The van der Waals surface area contributed by atoms with Gasteiger partial charge in [-0.25, -0.2) is 0 Å². The van der Waals surface area contributed by atoms with Crippen molar-refractivity contribution in [2.45, 2.75) is 0 Å². The molecular formula is C15H16N2O2. The number of likely N-dealkylation sites (N-methyl/N-ethyl adjacent to an activating group) is 1. The van der Waals surface area contributed by atoms with Crippen molar-refractivity contribution in [3.63, 3.8) is 0 Å². The molecule has 0 aromatic heterocycles. The van der Waals surface area contributed by atoms with E-state index in [1.165, 1.54) is 0 Å². The molecule has 2 N–H and O–H groups in total. The molecule has 2 rings (SSSR count). The summed E-state index contributed by atoms with van der Waals surface area (Å²) in [5, 5.41) is 5.57. The fourth-order valence-electron chi connectivity index (χ4n) is 1.54. The summed E-state index contributed by atoms with van der Waals surface area (Å²) in [4.78, 5) is 11.1. The van der Waals surface area contributed by atoms with Crippen LogP contribution in [0.4, 0.5) is 5.69 Å². The zero-order chi connectivity index (χ0) is 13.5. The van der Waals surface area contributed by atoms with Crippen molar-refractivity contribution in [3.8, 4) is 11.5 Å². The Morgan fingerprint density at radius 2 is 1.63 bits per heavy atom. The number of para-hydroxylation sites is 1. The summed E-state index contributed by atoms with van der Waals surface area (Å²) in [5.41, 5.74) is 0.879. The van der Waals surface area contributed by atoms with Crippen molar-refractivity contribution in [2.75, 3.05) is 18.9 Å². The van der Waals surface area contributed by atoms with Crippen LogP contribution >= 0.6 is 0 Å².